The van der Waals surface area contributed by atoms with Crippen LogP contribution in [0.25, 0.3) is 10.9 Å². The third-order valence-electron chi connectivity index (χ3n) is 5.95. The molecule has 10 heteroatoms. The van der Waals surface area contributed by atoms with Gasteiger partial charge in [0, 0.05) is 36.2 Å². The minimum absolute atomic E-state index is 0.0104. The Balaban J connectivity index is 1.78. The molecule has 192 valence electrons. The van der Waals surface area contributed by atoms with E-state index in [0.717, 1.165) is 11.6 Å². The summed E-state index contributed by atoms with van der Waals surface area (Å²) < 4.78 is 49.0. The lowest BCUT2D eigenvalue weighted by molar-refractivity contribution is 0.102. The lowest BCUT2D eigenvalue weighted by atomic mass is 10.1. The van der Waals surface area contributed by atoms with Crippen LogP contribution in [0.1, 0.15) is 29.8 Å². The predicted molar refractivity (Wildman–Crippen MR) is 136 cm³/mol. The predicted octanol–water partition coefficient (Wildman–Crippen LogP) is 6.85. The first-order chi connectivity index (χ1) is 17.7. The maximum Gasteiger partial charge on any atom is 0.415 e. The number of benzene rings is 3. The molecule has 0 saturated carbocycles. The molecule has 0 aliphatic carbocycles. The molecule has 0 fully saturated rings. The fraction of sp³-hybridized carbons (Fsp3) is 0.185. The molecule has 1 aromatic heterocycles. The van der Waals surface area contributed by atoms with Gasteiger partial charge in [0.25, 0.3) is 5.91 Å². The van der Waals surface area contributed by atoms with E-state index in [1.165, 1.54) is 11.0 Å². The molecular weight excluding hydrogens is 507 g/mol. The van der Waals surface area contributed by atoms with Crippen molar-refractivity contribution >= 4 is 40.2 Å². The summed E-state index contributed by atoms with van der Waals surface area (Å²) in [6.07, 6.45) is 1.12. The average Bonchev–Trinajstić information content (AvgIpc) is 3.29. The van der Waals surface area contributed by atoms with Gasteiger partial charge >= 0.3 is 6.09 Å². The zero-order valence-corrected chi connectivity index (χ0v) is 20.8. The summed E-state index contributed by atoms with van der Waals surface area (Å²) in [5, 5.41) is 3.58. The number of carbonyl (C=O) groups excluding carboxylic acids is 2. The molecule has 2 amide bonds. The molecule has 4 rings (SSSR count). The van der Waals surface area contributed by atoms with Crippen LogP contribution in [0.15, 0.2) is 60.8 Å². The first kappa shape index (κ1) is 26.1. The Morgan fingerprint density at radius 2 is 1.70 bits per heavy atom. The third kappa shape index (κ3) is 5.27. The molecule has 0 aliphatic rings. The fourth-order valence-electron chi connectivity index (χ4n) is 3.94. The Hall–Kier alpha value is -3.98. The molecule has 0 aliphatic heterocycles. The number of aromatic nitrogens is 1. The quantitative estimate of drug-likeness (QED) is 0.266. The molecule has 6 nitrogen and oxygen atoms in total. The van der Waals surface area contributed by atoms with Crippen molar-refractivity contribution in [3.05, 3.63) is 94.4 Å². The molecule has 0 spiro atoms. The van der Waals surface area contributed by atoms with Gasteiger partial charge in [-0.1, -0.05) is 29.8 Å². The number of hydrogen-bond donors (Lipinski definition) is 1. The van der Waals surface area contributed by atoms with Crippen molar-refractivity contribution in [2.75, 3.05) is 18.4 Å². The number of halogens is 4. The highest BCUT2D eigenvalue weighted by molar-refractivity contribution is 6.31. The maximum atomic E-state index is 14.3. The van der Waals surface area contributed by atoms with Gasteiger partial charge < -0.3 is 19.5 Å². The van der Waals surface area contributed by atoms with Crippen molar-refractivity contribution < 1.29 is 27.5 Å². The number of ether oxygens (including phenoxy) is 1. The topological polar surface area (TPSA) is 63.6 Å². The van der Waals surface area contributed by atoms with Crippen LogP contribution in [0.2, 0.25) is 5.02 Å². The lowest BCUT2D eigenvalue weighted by Crippen LogP contribution is -2.33. The molecule has 0 radical (unpaired) electrons. The second-order valence-corrected chi connectivity index (χ2v) is 8.53. The van der Waals surface area contributed by atoms with E-state index in [1.54, 1.807) is 38.2 Å². The number of rotatable bonds is 7. The summed E-state index contributed by atoms with van der Waals surface area (Å²) >= 11 is 6.31. The van der Waals surface area contributed by atoms with Crippen LogP contribution < -0.4 is 10.1 Å². The summed E-state index contributed by atoms with van der Waals surface area (Å²) in [4.78, 5) is 27.1. The number of anilines is 1. The second-order valence-electron chi connectivity index (χ2n) is 8.12. The number of hydrogen-bond acceptors (Lipinski definition) is 3. The van der Waals surface area contributed by atoms with Crippen molar-refractivity contribution in [1.82, 2.24) is 9.47 Å². The zero-order valence-electron chi connectivity index (χ0n) is 20.0. The average molecular weight is 530 g/mol. The molecule has 1 heterocycles. The van der Waals surface area contributed by atoms with Crippen molar-refractivity contribution in [2.45, 2.75) is 20.4 Å². The molecule has 37 heavy (non-hydrogen) atoms. The van der Waals surface area contributed by atoms with Gasteiger partial charge in [0.1, 0.15) is 0 Å². The molecule has 0 unspecified atom stereocenters. The van der Waals surface area contributed by atoms with Gasteiger partial charge in [0.15, 0.2) is 23.2 Å². The lowest BCUT2D eigenvalue weighted by Gasteiger charge is -2.20. The van der Waals surface area contributed by atoms with Crippen LogP contribution in [-0.4, -0.2) is 34.6 Å². The van der Waals surface area contributed by atoms with Crippen molar-refractivity contribution in [3.8, 4) is 5.75 Å². The number of amides is 2. The fourth-order valence-corrected chi connectivity index (χ4v) is 4.13. The van der Waals surface area contributed by atoms with E-state index in [-0.39, 0.29) is 11.4 Å². The van der Waals surface area contributed by atoms with Gasteiger partial charge in [-0.2, -0.15) is 0 Å². The number of carbonyl (C=O) groups is 2. The SMILES string of the molecule is CCN(CC)C(=O)Oc1ccc2c(ccn2Cc2ccccc2Cl)c1NC(=O)c1ccc(F)c(F)c1F. The Morgan fingerprint density at radius 3 is 2.41 bits per heavy atom. The molecule has 3 aromatic carbocycles. The van der Waals surface area contributed by atoms with E-state index in [2.05, 4.69) is 5.32 Å². The van der Waals surface area contributed by atoms with E-state index in [0.29, 0.717) is 41.6 Å². The van der Waals surface area contributed by atoms with Crippen molar-refractivity contribution in [2.24, 2.45) is 0 Å². The van der Waals surface area contributed by atoms with Crippen LogP contribution in [0.5, 0.6) is 5.75 Å². The number of nitrogens with zero attached hydrogens (tertiary/aromatic N) is 2. The van der Waals surface area contributed by atoms with Crippen LogP contribution in [0.3, 0.4) is 0 Å². The Kier molecular flexibility index (Phi) is 7.73. The van der Waals surface area contributed by atoms with E-state index < -0.39 is 35.0 Å². The molecule has 0 atom stereocenters. The summed E-state index contributed by atoms with van der Waals surface area (Å²) in [6, 6.07) is 13.7. The van der Waals surface area contributed by atoms with Crippen LogP contribution >= 0.6 is 11.6 Å². The first-order valence-electron chi connectivity index (χ1n) is 11.5. The standard InChI is InChI=1S/C27H23ClF3N3O3/c1-3-33(4-2)27(36)37-22-12-11-21-17(13-14-34(21)15-16-7-5-6-8-19(16)28)25(22)32-26(35)18-9-10-20(29)24(31)23(18)30/h5-14H,3-4,15H2,1-2H3,(H,32,35). The number of nitrogens with one attached hydrogen (secondary N) is 1. The van der Waals surface area contributed by atoms with E-state index >= 15 is 0 Å². The highest BCUT2D eigenvalue weighted by Gasteiger charge is 2.23. The summed E-state index contributed by atoms with van der Waals surface area (Å²) in [5.41, 5.74) is 0.884. The summed E-state index contributed by atoms with van der Waals surface area (Å²) in [7, 11) is 0. The smallest absolute Gasteiger partial charge is 0.408 e. The monoisotopic (exact) mass is 529 g/mol. The van der Waals surface area contributed by atoms with Gasteiger partial charge in [-0.3, -0.25) is 4.79 Å². The van der Waals surface area contributed by atoms with Crippen LogP contribution in [-0.2, 0) is 6.54 Å². The molecule has 4 aromatic rings. The molecule has 0 bridgehead atoms. The molecule has 1 N–H and O–H groups in total. The van der Waals surface area contributed by atoms with Crippen molar-refractivity contribution in [3.63, 3.8) is 0 Å². The summed E-state index contributed by atoms with van der Waals surface area (Å²) in [6.45, 7) is 4.78. The number of fused-ring (bicyclic) bond motifs is 1. The highest BCUT2D eigenvalue weighted by Crippen LogP contribution is 2.36. The van der Waals surface area contributed by atoms with Gasteiger partial charge in [-0.05, 0) is 55.8 Å². The minimum Gasteiger partial charge on any atom is -0.408 e. The van der Waals surface area contributed by atoms with Crippen LogP contribution in [0.4, 0.5) is 23.7 Å². The minimum atomic E-state index is -1.76. The highest BCUT2D eigenvalue weighted by atomic mass is 35.5. The van der Waals surface area contributed by atoms with Gasteiger partial charge in [0.05, 0.1) is 16.8 Å². The van der Waals surface area contributed by atoms with E-state index in [1.807, 2.05) is 22.8 Å². The second kappa shape index (κ2) is 11.0. The van der Waals surface area contributed by atoms with Gasteiger partial charge in [-0.25, -0.2) is 18.0 Å². The zero-order chi connectivity index (χ0) is 26.7. The van der Waals surface area contributed by atoms with Crippen molar-refractivity contribution in [1.29, 1.82) is 0 Å². The van der Waals surface area contributed by atoms with Crippen LogP contribution in [0, 0.1) is 17.5 Å². The largest absolute Gasteiger partial charge is 0.415 e. The maximum absolute atomic E-state index is 14.3. The van der Waals surface area contributed by atoms with E-state index in [4.69, 9.17) is 16.3 Å². The van der Waals surface area contributed by atoms with Gasteiger partial charge in [-0.15, -0.1) is 0 Å². The Morgan fingerprint density at radius 1 is 0.973 bits per heavy atom. The normalized spacial score (nSPS) is 11.0. The third-order valence-corrected chi connectivity index (χ3v) is 6.32. The molecular formula is C27H23ClF3N3O3. The van der Waals surface area contributed by atoms with E-state index in [9.17, 15) is 22.8 Å². The summed E-state index contributed by atoms with van der Waals surface area (Å²) in [5.74, 6) is -5.83. The van der Waals surface area contributed by atoms with Gasteiger partial charge in [0.2, 0.25) is 0 Å². The molecule has 0 saturated heterocycles. The first-order valence-corrected chi connectivity index (χ1v) is 11.9. The Labute approximate surface area is 216 Å². The Bertz CT molecular complexity index is 1480.